The quantitative estimate of drug-likeness (QED) is 0.677. The van der Waals surface area contributed by atoms with Gasteiger partial charge in [-0.3, -0.25) is 4.79 Å². The van der Waals surface area contributed by atoms with Crippen LogP contribution in [-0.4, -0.2) is 17.1 Å². The largest absolute Gasteiger partial charge is 0.462 e. The zero-order chi connectivity index (χ0) is 14.0. The summed E-state index contributed by atoms with van der Waals surface area (Å²) in [5, 5.41) is 0. The van der Waals surface area contributed by atoms with Gasteiger partial charge in [0.05, 0.1) is 6.42 Å². The maximum Gasteiger partial charge on any atom is 0.311 e. The molecule has 1 aliphatic rings. The van der Waals surface area contributed by atoms with E-state index in [-0.39, 0.29) is 12.1 Å². The third kappa shape index (κ3) is 3.89. The number of nitrogens with one attached hydrogen (secondary N) is 1. The van der Waals surface area contributed by atoms with Crippen LogP contribution in [0.2, 0.25) is 0 Å². The number of rotatable bonds is 3. The van der Waals surface area contributed by atoms with E-state index in [4.69, 9.17) is 17.0 Å². The predicted molar refractivity (Wildman–Crippen MR) is 80.0 cm³/mol. The number of thiazole rings is 1. The topological polar surface area (TPSA) is 42.1 Å². The first kappa shape index (κ1) is 14.7. The van der Waals surface area contributed by atoms with Crippen LogP contribution in [0, 0.1) is 22.7 Å². The normalized spacial score (nSPS) is 27.2. The van der Waals surface area contributed by atoms with Gasteiger partial charge in [-0.2, -0.15) is 0 Å². The molecule has 0 aromatic carbocycles. The first-order valence-corrected chi connectivity index (χ1v) is 8.06. The Kier molecular flexibility index (Phi) is 4.79. The predicted octanol–water partition coefficient (Wildman–Crippen LogP) is 4.02. The fraction of sp³-hybridized carbons (Fsp3) is 0.714. The summed E-state index contributed by atoms with van der Waals surface area (Å²) in [5.74, 6) is 1.26. The number of aromatic amines is 1. The Morgan fingerprint density at radius 2 is 2.16 bits per heavy atom. The number of H-pyrrole nitrogens is 1. The summed E-state index contributed by atoms with van der Waals surface area (Å²) < 4.78 is 6.32. The lowest BCUT2D eigenvalue weighted by Gasteiger charge is -2.31. The number of ether oxygens (including phenoxy) is 1. The van der Waals surface area contributed by atoms with E-state index in [1.54, 1.807) is 0 Å². The van der Waals surface area contributed by atoms with Crippen LogP contribution in [0.15, 0.2) is 0 Å². The van der Waals surface area contributed by atoms with E-state index in [2.05, 4.69) is 18.8 Å². The zero-order valence-corrected chi connectivity index (χ0v) is 13.3. The Morgan fingerprint density at radius 1 is 1.42 bits per heavy atom. The van der Waals surface area contributed by atoms with Crippen molar-refractivity contribution >= 4 is 29.5 Å². The number of esters is 1. The van der Waals surface area contributed by atoms with Gasteiger partial charge in [-0.1, -0.05) is 13.8 Å². The molecule has 3 atom stereocenters. The molecule has 1 aromatic rings. The number of carbonyl (C=O) groups is 1. The molecule has 0 radical (unpaired) electrons. The van der Waals surface area contributed by atoms with Gasteiger partial charge in [0, 0.05) is 10.6 Å². The molecule has 0 aliphatic heterocycles. The number of carbonyl (C=O) groups excluding carboxylic acids is 1. The minimum absolute atomic E-state index is 0.103. The number of aryl methyl sites for hydroxylation is 1. The molecule has 1 aliphatic carbocycles. The fourth-order valence-corrected chi connectivity index (χ4v) is 3.85. The third-order valence-electron chi connectivity index (χ3n) is 4.08. The van der Waals surface area contributed by atoms with E-state index in [1.165, 1.54) is 11.3 Å². The summed E-state index contributed by atoms with van der Waals surface area (Å²) in [6.45, 7) is 6.46. The molecule has 1 fully saturated rings. The van der Waals surface area contributed by atoms with Crippen molar-refractivity contribution in [2.75, 3.05) is 0 Å². The summed E-state index contributed by atoms with van der Waals surface area (Å²) in [5.41, 5.74) is 0.984. The van der Waals surface area contributed by atoms with Crippen molar-refractivity contribution in [1.82, 2.24) is 4.98 Å². The molecule has 2 rings (SSSR count). The Hall–Kier alpha value is -0.680. The van der Waals surface area contributed by atoms with Gasteiger partial charge in [0.1, 0.15) is 6.10 Å². The van der Waals surface area contributed by atoms with Crippen molar-refractivity contribution in [3.8, 4) is 0 Å². The van der Waals surface area contributed by atoms with Crippen LogP contribution in [0.25, 0.3) is 0 Å². The van der Waals surface area contributed by atoms with Crippen molar-refractivity contribution < 1.29 is 9.53 Å². The third-order valence-corrected chi connectivity index (χ3v) is 5.41. The Labute approximate surface area is 123 Å². The molecular weight excluding hydrogens is 278 g/mol. The van der Waals surface area contributed by atoms with E-state index in [0.717, 1.165) is 39.7 Å². The molecule has 1 heterocycles. The van der Waals surface area contributed by atoms with Gasteiger partial charge in [0.25, 0.3) is 0 Å². The highest BCUT2D eigenvalue weighted by molar-refractivity contribution is 7.73. The molecule has 3 unspecified atom stereocenters. The summed E-state index contributed by atoms with van der Waals surface area (Å²) in [6.07, 6.45) is 3.59. The van der Waals surface area contributed by atoms with Gasteiger partial charge in [-0.15, -0.1) is 11.3 Å². The fourth-order valence-electron chi connectivity index (χ4n) is 2.57. The molecule has 0 spiro atoms. The first-order valence-electron chi connectivity index (χ1n) is 6.83. The van der Waals surface area contributed by atoms with E-state index >= 15 is 0 Å². The summed E-state index contributed by atoms with van der Waals surface area (Å²) in [7, 11) is 0. The maximum atomic E-state index is 12.0. The van der Waals surface area contributed by atoms with Crippen LogP contribution in [-0.2, 0) is 16.0 Å². The van der Waals surface area contributed by atoms with Crippen LogP contribution < -0.4 is 0 Å². The molecule has 1 saturated carbocycles. The van der Waals surface area contributed by atoms with Crippen molar-refractivity contribution in [2.24, 2.45) is 11.8 Å². The van der Waals surface area contributed by atoms with Gasteiger partial charge >= 0.3 is 5.97 Å². The Bertz CT molecular complexity index is 506. The lowest BCUT2D eigenvalue weighted by Crippen LogP contribution is -2.29. The van der Waals surface area contributed by atoms with Crippen LogP contribution in [0.1, 0.15) is 43.7 Å². The first-order chi connectivity index (χ1) is 8.95. The van der Waals surface area contributed by atoms with Gasteiger partial charge in [0.2, 0.25) is 0 Å². The molecule has 5 heteroatoms. The molecular formula is C14H21NO2S2. The molecule has 0 bridgehead atoms. The van der Waals surface area contributed by atoms with Crippen LogP contribution in [0.5, 0.6) is 0 Å². The molecule has 0 amide bonds. The highest BCUT2D eigenvalue weighted by Crippen LogP contribution is 2.31. The number of aromatic nitrogens is 1. The van der Waals surface area contributed by atoms with Crippen LogP contribution in [0.4, 0.5) is 0 Å². The second-order valence-electron chi connectivity index (χ2n) is 5.62. The summed E-state index contributed by atoms with van der Waals surface area (Å²) in [6, 6.07) is 0. The van der Waals surface area contributed by atoms with Gasteiger partial charge in [-0.25, -0.2) is 0 Å². The minimum atomic E-state index is -0.125. The lowest BCUT2D eigenvalue weighted by molar-refractivity contribution is -0.150. The average Bonchev–Trinajstić information content (AvgIpc) is 2.62. The summed E-state index contributed by atoms with van der Waals surface area (Å²) >= 11 is 6.54. The highest BCUT2D eigenvalue weighted by Gasteiger charge is 2.27. The number of hydrogen-bond donors (Lipinski definition) is 1. The monoisotopic (exact) mass is 299 g/mol. The number of hydrogen-bond acceptors (Lipinski definition) is 4. The molecule has 1 aromatic heterocycles. The highest BCUT2D eigenvalue weighted by atomic mass is 32.1. The van der Waals surface area contributed by atoms with Crippen molar-refractivity contribution in [1.29, 1.82) is 0 Å². The SMILES string of the molecule is Cc1[nH]c(=S)sc1CC(=O)OC1CCC(C)C(C)C1. The lowest BCUT2D eigenvalue weighted by atomic mass is 9.80. The smallest absolute Gasteiger partial charge is 0.311 e. The van der Waals surface area contributed by atoms with Crippen LogP contribution >= 0.6 is 23.6 Å². The van der Waals surface area contributed by atoms with Gasteiger partial charge in [-0.05, 0) is 50.2 Å². The zero-order valence-electron chi connectivity index (χ0n) is 11.7. The van der Waals surface area contributed by atoms with Crippen molar-refractivity contribution in [2.45, 2.75) is 52.6 Å². The van der Waals surface area contributed by atoms with Gasteiger partial charge < -0.3 is 9.72 Å². The van der Waals surface area contributed by atoms with E-state index in [0.29, 0.717) is 12.3 Å². The van der Waals surface area contributed by atoms with E-state index in [1.807, 2.05) is 6.92 Å². The molecule has 3 nitrogen and oxygen atoms in total. The standard InChI is InChI=1S/C14H21NO2S2/c1-8-4-5-11(6-9(8)2)17-13(16)7-12-10(3)15-14(18)19-12/h8-9,11H,4-7H2,1-3H3,(H,15,18). The molecule has 106 valence electrons. The molecule has 0 saturated heterocycles. The van der Waals surface area contributed by atoms with E-state index in [9.17, 15) is 4.79 Å². The van der Waals surface area contributed by atoms with Crippen LogP contribution in [0.3, 0.4) is 0 Å². The molecule has 1 N–H and O–H groups in total. The maximum absolute atomic E-state index is 12.0. The Morgan fingerprint density at radius 3 is 2.74 bits per heavy atom. The second-order valence-corrected chi connectivity index (χ2v) is 7.39. The average molecular weight is 299 g/mol. The van der Waals surface area contributed by atoms with E-state index < -0.39 is 0 Å². The van der Waals surface area contributed by atoms with Gasteiger partial charge in [0.15, 0.2) is 3.95 Å². The van der Waals surface area contributed by atoms with Crippen molar-refractivity contribution in [3.63, 3.8) is 0 Å². The summed E-state index contributed by atoms with van der Waals surface area (Å²) in [4.78, 5) is 16.0. The van der Waals surface area contributed by atoms with Crippen molar-refractivity contribution in [3.05, 3.63) is 14.5 Å². The minimum Gasteiger partial charge on any atom is -0.462 e. The Balaban J connectivity index is 1.88. The molecule has 19 heavy (non-hydrogen) atoms. The second kappa shape index (κ2) is 6.18.